The normalized spacial score (nSPS) is 14.5. The summed E-state index contributed by atoms with van der Waals surface area (Å²) >= 11 is 0. The van der Waals surface area contributed by atoms with E-state index in [4.69, 9.17) is 5.73 Å². The van der Waals surface area contributed by atoms with Crippen LogP contribution in [0.3, 0.4) is 0 Å². The number of hydrogen-bond acceptors (Lipinski definition) is 5. The Morgan fingerprint density at radius 3 is 2.36 bits per heavy atom. The van der Waals surface area contributed by atoms with Gasteiger partial charge in [0.2, 0.25) is 0 Å². The topological polar surface area (TPSA) is 100 Å². The number of carboxylic acids is 1. The van der Waals surface area contributed by atoms with Gasteiger partial charge in [-0.3, -0.25) is 4.79 Å². The molecule has 0 bridgehead atoms. The molecule has 1 atom stereocenters. The quantitative estimate of drug-likeness (QED) is 0.338. The van der Waals surface area contributed by atoms with Crippen LogP contribution < -0.4 is 16.4 Å². The molecular weight excluding hydrogens is 412 g/mol. The van der Waals surface area contributed by atoms with Gasteiger partial charge in [0, 0.05) is 19.3 Å². The molecule has 0 aliphatic heterocycles. The van der Waals surface area contributed by atoms with Gasteiger partial charge in [-0.2, -0.15) is 0 Å². The lowest BCUT2D eigenvalue weighted by atomic mass is 9.91. The number of aliphatic carboxylic acids is 1. The molecule has 1 fully saturated rings. The number of nitrogens with two attached hydrogens (primary N) is 1. The SMILES string of the molecule is CC(CNCCCNc1cccnc1N)c1cccc(C2(C(=O)O)CC2)c1.c1ccccc1. The maximum Gasteiger partial charge on any atom is 0.314 e. The van der Waals surface area contributed by atoms with Crippen molar-refractivity contribution in [1.82, 2.24) is 10.3 Å². The highest BCUT2D eigenvalue weighted by atomic mass is 16.4. The second-order valence-corrected chi connectivity index (χ2v) is 8.49. The van der Waals surface area contributed by atoms with Gasteiger partial charge in [-0.05, 0) is 55.0 Å². The Morgan fingerprint density at radius 2 is 1.76 bits per heavy atom. The lowest BCUT2D eigenvalue weighted by molar-refractivity contribution is -0.140. The van der Waals surface area contributed by atoms with Gasteiger partial charge in [-0.1, -0.05) is 67.6 Å². The fraction of sp³-hybridized carbons (Fsp3) is 0.333. The van der Waals surface area contributed by atoms with Crippen molar-refractivity contribution in [3.05, 3.63) is 90.1 Å². The maximum atomic E-state index is 11.5. The van der Waals surface area contributed by atoms with Crippen molar-refractivity contribution in [2.24, 2.45) is 0 Å². The molecule has 0 spiro atoms. The molecule has 6 nitrogen and oxygen atoms in total. The predicted octanol–water partition coefficient (Wildman–Crippen LogP) is 4.66. The van der Waals surface area contributed by atoms with Crippen molar-refractivity contribution < 1.29 is 9.90 Å². The molecule has 33 heavy (non-hydrogen) atoms. The number of carbonyl (C=O) groups is 1. The number of pyridine rings is 1. The number of hydrogen-bond donors (Lipinski definition) is 4. The number of benzene rings is 2. The molecule has 1 saturated carbocycles. The smallest absolute Gasteiger partial charge is 0.314 e. The standard InChI is InChI=1S/C21H28N4O2.C6H6/c1-15(14-23-10-4-12-24-18-7-3-11-25-19(18)22)16-5-2-6-17(13-16)21(8-9-21)20(26)27;1-2-4-6-5-3-1/h2-3,5-7,11,13,15,23-24H,4,8-10,12,14H2,1H3,(H2,22,25)(H,26,27);1-6H. The van der Waals surface area contributed by atoms with Crippen LogP contribution in [0.15, 0.2) is 79.0 Å². The van der Waals surface area contributed by atoms with Crippen LogP contribution in [0.1, 0.15) is 43.2 Å². The molecule has 0 radical (unpaired) electrons. The molecule has 1 aliphatic carbocycles. The van der Waals surface area contributed by atoms with Gasteiger partial charge in [0.15, 0.2) is 0 Å². The van der Waals surface area contributed by atoms with Crippen molar-refractivity contribution in [3.63, 3.8) is 0 Å². The van der Waals surface area contributed by atoms with Crippen molar-refractivity contribution in [1.29, 1.82) is 0 Å². The molecule has 1 aromatic heterocycles. The number of nitrogens with zero attached hydrogens (tertiary/aromatic N) is 1. The first kappa shape index (κ1) is 24.3. The Labute approximate surface area is 196 Å². The minimum absolute atomic E-state index is 0.330. The highest BCUT2D eigenvalue weighted by molar-refractivity contribution is 5.85. The number of carboxylic acid groups (broad SMARTS) is 1. The fourth-order valence-electron chi connectivity index (χ4n) is 3.72. The van der Waals surface area contributed by atoms with Gasteiger partial charge in [0.05, 0.1) is 11.1 Å². The van der Waals surface area contributed by atoms with Crippen LogP contribution in [0.4, 0.5) is 11.5 Å². The molecule has 3 aromatic rings. The minimum Gasteiger partial charge on any atom is -0.481 e. The highest BCUT2D eigenvalue weighted by Gasteiger charge is 2.51. The van der Waals surface area contributed by atoms with Gasteiger partial charge in [0.25, 0.3) is 0 Å². The number of aromatic nitrogens is 1. The zero-order chi connectivity index (χ0) is 23.5. The van der Waals surface area contributed by atoms with Crippen LogP contribution in [-0.2, 0) is 10.2 Å². The molecule has 1 unspecified atom stereocenters. The van der Waals surface area contributed by atoms with Crippen LogP contribution in [0.2, 0.25) is 0 Å². The first-order chi connectivity index (χ1) is 16.0. The van der Waals surface area contributed by atoms with Crippen LogP contribution >= 0.6 is 0 Å². The Kier molecular flexibility index (Phi) is 8.84. The van der Waals surface area contributed by atoms with Gasteiger partial charge >= 0.3 is 5.97 Å². The first-order valence-corrected chi connectivity index (χ1v) is 11.5. The summed E-state index contributed by atoms with van der Waals surface area (Å²) in [4.78, 5) is 15.6. The van der Waals surface area contributed by atoms with Crippen molar-refractivity contribution in [3.8, 4) is 0 Å². The van der Waals surface area contributed by atoms with Gasteiger partial charge < -0.3 is 21.5 Å². The number of nitrogens with one attached hydrogen (secondary N) is 2. The monoisotopic (exact) mass is 446 g/mol. The second-order valence-electron chi connectivity index (χ2n) is 8.49. The average Bonchev–Trinajstić information content (AvgIpc) is 3.66. The molecule has 1 heterocycles. The third kappa shape index (κ3) is 7.05. The number of nitrogen functional groups attached to an aromatic ring is 1. The Bertz CT molecular complexity index is 979. The van der Waals surface area contributed by atoms with E-state index in [1.54, 1.807) is 6.20 Å². The molecule has 174 valence electrons. The average molecular weight is 447 g/mol. The van der Waals surface area contributed by atoms with E-state index in [0.29, 0.717) is 11.7 Å². The van der Waals surface area contributed by atoms with Crippen molar-refractivity contribution in [2.45, 2.75) is 37.5 Å². The molecule has 1 aliphatic rings. The fourth-order valence-corrected chi connectivity index (χ4v) is 3.72. The summed E-state index contributed by atoms with van der Waals surface area (Å²) in [6.45, 7) is 4.75. The van der Waals surface area contributed by atoms with E-state index in [1.165, 1.54) is 5.56 Å². The summed E-state index contributed by atoms with van der Waals surface area (Å²) in [5, 5.41) is 16.2. The number of anilines is 2. The molecular formula is C27H34N4O2. The summed E-state index contributed by atoms with van der Waals surface area (Å²) in [5.74, 6) is 0.150. The van der Waals surface area contributed by atoms with Crippen LogP contribution in [-0.4, -0.2) is 35.7 Å². The summed E-state index contributed by atoms with van der Waals surface area (Å²) in [6.07, 6.45) is 4.14. The minimum atomic E-state index is -0.702. The zero-order valence-electron chi connectivity index (χ0n) is 19.2. The van der Waals surface area contributed by atoms with E-state index < -0.39 is 11.4 Å². The van der Waals surface area contributed by atoms with Crippen molar-refractivity contribution >= 4 is 17.5 Å². The largest absolute Gasteiger partial charge is 0.481 e. The summed E-state index contributed by atoms with van der Waals surface area (Å²) in [5.41, 5.74) is 8.17. The second kappa shape index (κ2) is 12.0. The van der Waals surface area contributed by atoms with Crippen LogP contribution in [0.5, 0.6) is 0 Å². The van der Waals surface area contributed by atoms with E-state index >= 15 is 0 Å². The van der Waals surface area contributed by atoms with Crippen molar-refractivity contribution in [2.75, 3.05) is 30.7 Å². The van der Waals surface area contributed by atoms with Crippen LogP contribution in [0.25, 0.3) is 0 Å². The Hall–Kier alpha value is -3.38. The van der Waals surface area contributed by atoms with Gasteiger partial charge in [-0.15, -0.1) is 0 Å². The molecule has 0 saturated heterocycles. The molecule has 6 heteroatoms. The lowest BCUT2D eigenvalue weighted by Gasteiger charge is -2.17. The molecule has 0 amide bonds. The van der Waals surface area contributed by atoms with Crippen LogP contribution in [0, 0.1) is 0 Å². The summed E-state index contributed by atoms with van der Waals surface area (Å²) in [7, 11) is 0. The van der Waals surface area contributed by atoms with Gasteiger partial charge in [0.1, 0.15) is 5.82 Å². The third-order valence-corrected chi connectivity index (χ3v) is 5.97. The molecule has 4 rings (SSSR count). The predicted molar refractivity (Wildman–Crippen MR) is 134 cm³/mol. The Morgan fingerprint density at radius 1 is 1.06 bits per heavy atom. The third-order valence-electron chi connectivity index (χ3n) is 5.97. The Balaban J connectivity index is 0.000000442. The van der Waals surface area contributed by atoms with Gasteiger partial charge in [-0.25, -0.2) is 4.98 Å². The van der Waals surface area contributed by atoms with E-state index in [0.717, 1.165) is 50.1 Å². The van der Waals surface area contributed by atoms with E-state index in [-0.39, 0.29) is 0 Å². The highest BCUT2D eigenvalue weighted by Crippen LogP contribution is 2.48. The summed E-state index contributed by atoms with van der Waals surface area (Å²) in [6, 6.07) is 23.9. The summed E-state index contributed by atoms with van der Waals surface area (Å²) < 4.78 is 0. The molecule has 2 aromatic carbocycles. The van der Waals surface area contributed by atoms with E-state index in [1.807, 2.05) is 60.7 Å². The lowest BCUT2D eigenvalue weighted by Crippen LogP contribution is -2.23. The first-order valence-electron chi connectivity index (χ1n) is 11.5. The molecule has 5 N–H and O–H groups in total. The maximum absolute atomic E-state index is 11.5. The van der Waals surface area contributed by atoms with E-state index in [9.17, 15) is 9.90 Å². The number of rotatable bonds is 10. The zero-order valence-corrected chi connectivity index (χ0v) is 19.2. The van der Waals surface area contributed by atoms with E-state index in [2.05, 4.69) is 34.7 Å².